The Kier molecular flexibility index (Phi) is 3.29. The first kappa shape index (κ1) is 9.26. The Morgan fingerprint density at radius 2 is 2.58 bits per heavy atom. The quantitative estimate of drug-likeness (QED) is 0.600. The molecule has 12 heavy (non-hydrogen) atoms. The molecule has 1 amide bonds. The van der Waals surface area contributed by atoms with E-state index in [1.807, 2.05) is 19.1 Å². The topological polar surface area (TPSA) is 55.1 Å². The number of amides is 1. The lowest BCUT2D eigenvalue weighted by atomic mass is 9.99. The standard InChI is InChI=1S/C9H16N2O/c1-2-3-8(10)6-7-4-5-11-9(7)12/h2-3,7-8H,4-6,10H2,1H3,(H,11,12)/b3-2+. The summed E-state index contributed by atoms with van der Waals surface area (Å²) in [6, 6.07) is 0.0313. The van der Waals surface area contributed by atoms with Gasteiger partial charge in [0, 0.05) is 18.5 Å². The van der Waals surface area contributed by atoms with Crippen LogP contribution in [0.15, 0.2) is 12.2 Å². The number of nitrogens with one attached hydrogen (secondary N) is 1. The van der Waals surface area contributed by atoms with Crippen molar-refractivity contribution in [2.75, 3.05) is 6.54 Å². The summed E-state index contributed by atoms with van der Waals surface area (Å²) in [7, 11) is 0. The molecule has 3 heteroatoms. The van der Waals surface area contributed by atoms with Crippen molar-refractivity contribution in [3.63, 3.8) is 0 Å². The number of rotatable bonds is 3. The van der Waals surface area contributed by atoms with Crippen LogP contribution in [0, 0.1) is 5.92 Å². The third-order valence-corrected chi connectivity index (χ3v) is 2.16. The molecule has 1 saturated heterocycles. The summed E-state index contributed by atoms with van der Waals surface area (Å²) in [4.78, 5) is 11.1. The number of carbonyl (C=O) groups is 1. The molecule has 1 heterocycles. The van der Waals surface area contributed by atoms with Crippen LogP contribution in [0.25, 0.3) is 0 Å². The van der Waals surface area contributed by atoms with Gasteiger partial charge >= 0.3 is 0 Å². The summed E-state index contributed by atoms with van der Waals surface area (Å²) in [5, 5.41) is 2.80. The van der Waals surface area contributed by atoms with Crippen molar-refractivity contribution in [2.24, 2.45) is 11.7 Å². The number of allylic oxidation sites excluding steroid dienone is 1. The molecule has 1 aliphatic heterocycles. The van der Waals surface area contributed by atoms with Crippen molar-refractivity contribution in [3.8, 4) is 0 Å². The highest BCUT2D eigenvalue weighted by molar-refractivity contribution is 5.80. The molecule has 1 aliphatic rings. The van der Waals surface area contributed by atoms with E-state index in [9.17, 15) is 4.79 Å². The molecule has 0 aromatic rings. The Hall–Kier alpha value is -0.830. The van der Waals surface area contributed by atoms with Gasteiger partial charge in [-0.1, -0.05) is 12.2 Å². The third kappa shape index (κ3) is 2.34. The first-order valence-electron chi connectivity index (χ1n) is 4.40. The Labute approximate surface area is 73.0 Å². The van der Waals surface area contributed by atoms with E-state index in [0.29, 0.717) is 0 Å². The molecule has 0 saturated carbocycles. The van der Waals surface area contributed by atoms with Gasteiger partial charge in [0.15, 0.2) is 0 Å². The predicted molar refractivity (Wildman–Crippen MR) is 48.5 cm³/mol. The second-order valence-electron chi connectivity index (χ2n) is 3.20. The van der Waals surface area contributed by atoms with E-state index >= 15 is 0 Å². The average Bonchev–Trinajstić information content (AvgIpc) is 2.37. The Morgan fingerprint density at radius 3 is 3.08 bits per heavy atom. The summed E-state index contributed by atoms with van der Waals surface area (Å²) in [5.74, 6) is 0.297. The van der Waals surface area contributed by atoms with Gasteiger partial charge in [-0.15, -0.1) is 0 Å². The van der Waals surface area contributed by atoms with E-state index in [0.717, 1.165) is 19.4 Å². The first-order chi connectivity index (χ1) is 5.74. The third-order valence-electron chi connectivity index (χ3n) is 2.16. The average molecular weight is 168 g/mol. The van der Waals surface area contributed by atoms with Crippen molar-refractivity contribution in [3.05, 3.63) is 12.2 Å². The fourth-order valence-electron chi connectivity index (χ4n) is 1.52. The Balaban J connectivity index is 2.34. The van der Waals surface area contributed by atoms with Crippen LogP contribution in [0.1, 0.15) is 19.8 Å². The van der Waals surface area contributed by atoms with Crippen LogP contribution in [0.5, 0.6) is 0 Å². The maximum Gasteiger partial charge on any atom is 0.223 e. The van der Waals surface area contributed by atoms with Crippen molar-refractivity contribution in [2.45, 2.75) is 25.8 Å². The van der Waals surface area contributed by atoms with Crippen LogP contribution in [-0.2, 0) is 4.79 Å². The van der Waals surface area contributed by atoms with Gasteiger partial charge in [0.25, 0.3) is 0 Å². The van der Waals surface area contributed by atoms with Crippen LogP contribution >= 0.6 is 0 Å². The zero-order chi connectivity index (χ0) is 8.97. The molecule has 2 atom stereocenters. The summed E-state index contributed by atoms with van der Waals surface area (Å²) in [5.41, 5.74) is 5.76. The molecular weight excluding hydrogens is 152 g/mol. The molecule has 3 nitrogen and oxygen atoms in total. The normalized spacial score (nSPS) is 26.2. The molecule has 0 aromatic carbocycles. The molecule has 1 rings (SSSR count). The van der Waals surface area contributed by atoms with Crippen LogP contribution in [0.2, 0.25) is 0 Å². The van der Waals surface area contributed by atoms with Crippen molar-refractivity contribution in [1.82, 2.24) is 5.32 Å². The van der Waals surface area contributed by atoms with E-state index in [-0.39, 0.29) is 17.9 Å². The maximum atomic E-state index is 11.1. The molecule has 2 unspecified atom stereocenters. The van der Waals surface area contributed by atoms with Crippen molar-refractivity contribution >= 4 is 5.91 Å². The fourth-order valence-corrected chi connectivity index (χ4v) is 1.52. The van der Waals surface area contributed by atoms with E-state index < -0.39 is 0 Å². The highest BCUT2D eigenvalue weighted by atomic mass is 16.2. The van der Waals surface area contributed by atoms with Crippen molar-refractivity contribution in [1.29, 1.82) is 0 Å². The van der Waals surface area contributed by atoms with Gasteiger partial charge in [0.1, 0.15) is 0 Å². The molecule has 68 valence electrons. The molecular formula is C9H16N2O. The number of carbonyl (C=O) groups excluding carboxylic acids is 1. The van der Waals surface area contributed by atoms with E-state index in [2.05, 4.69) is 5.32 Å². The second-order valence-corrected chi connectivity index (χ2v) is 3.20. The Bertz CT molecular complexity index is 189. The Morgan fingerprint density at radius 1 is 1.83 bits per heavy atom. The molecule has 0 aliphatic carbocycles. The molecule has 0 spiro atoms. The van der Waals surface area contributed by atoms with Gasteiger partial charge < -0.3 is 11.1 Å². The minimum absolute atomic E-state index is 0.0313. The number of nitrogens with two attached hydrogens (primary N) is 1. The maximum absolute atomic E-state index is 11.1. The first-order valence-corrected chi connectivity index (χ1v) is 4.40. The van der Waals surface area contributed by atoms with Gasteiger partial charge in [0.2, 0.25) is 5.91 Å². The SMILES string of the molecule is C/C=C/C(N)CC1CCNC1=O. The van der Waals surface area contributed by atoms with Gasteiger partial charge in [-0.2, -0.15) is 0 Å². The molecule has 3 N–H and O–H groups in total. The highest BCUT2D eigenvalue weighted by Gasteiger charge is 2.24. The van der Waals surface area contributed by atoms with Crippen LogP contribution in [0.3, 0.4) is 0 Å². The largest absolute Gasteiger partial charge is 0.356 e. The zero-order valence-electron chi connectivity index (χ0n) is 7.42. The molecule has 0 aromatic heterocycles. The van der Waals surface area contributed by atoms with Gasteiger partial charge in [-0.25, -0.2) is 0 Å². The minimum Gasteiger partial charge on any atom is -0.356 e. The number of hydrogen-bond donors (Lipinski definition) is 2. The predicted octanol–water partition coefficient (Wildman–Crippen LogP) is 0.416. The van der Waals surface area contributed by atoms with Gasteiger partial charge in [0.05, 0.1) is 0 Å². The van der Waals surface area contributed by atoms with Gasteiger partial charge in [-0.3, -0.25) is 4.79 Å². The second kappa shape index (κ2) is 4.26. The minimum atomic E-state index is 0.0313. The summed E-state index contributed by atoms with van der Waals surface area (Å²) < 4.78 is 0. The summed E-state index contributed by atoms with van der Waals surface area (Å²) >= 11 is 0. The lowest BCUT2D eigenvalue weighted by Crippen LogP contribution is -2.26. The summed E-state index contributed by atoms with van der Waals surface area (Å²) in [6.45, 7) is 2.75. The molecule has 1 fully saturated rings. The van der Waals surface area contributed by atoms with Crippen molar-refractivity contribution < 1.29 is 4.79 Å². The lowest BCUT2D eigenvalue weighted by molar-refractivity contribution is -0.122. The van der Waals surface area contributed by atoms with Crippen LogP contribution < -0.4 is 11.1 Å². The zero-order valence-corrected chi connectivity index (χ0v) is 7.42. The van der Waals surface area contributed by atoms with Crippen LogP contribution in [0.4, 0.5) is 0 Å². The lowest BCUT2D eigenvalue weighted by Gasteiger charge is -2.09. The fraction of sp³-hybridized carbons (Fsp3) is 0.667. The molecule has 0 radical (unpaired) electrons. The smallest absolute Gasteiger partial charge is 0.223 e. The van der Waals surface area contributed by atoms with Gasteiger partial charge in [-0.05, 0) is 19.8 Å². The van der Waals surface area contributed by atoms with Crippen LogP contribution in [-0.4, -0.2) is 18.5 Å². The summed E-state index contributed by atoms with van der Waals surface area (Å²) in [6.07, 6.45) is 5.57. The van der Waals surface area contributed by atoms with E-state index in [4.69, 9.17) is 5.73 Å². The van der Waals surface area contributed by atoms with E-state index in [1.165, 1.54) is 0 Å². The number of hydrogen-bond acceptors (Lipinski definition) is 2. The molecule has 0 bridgehead atoms. The monoisotopic (exact) mass is 168 g/mol. The highest BCUT2D eigenvalue weighted by Crippen LogP contribution is 2.15. The van der Waals surface area contributed by atoms with E-state index in [1.54, 1.807) is 0 Å².